The molecule has 3 aromatic rings. The van der Waals surface area contributed by atoms with Crippen LogP contribution in [0.3, 0.4) is 0 Å². The molecule has 4 bridgehead atoms. The number of aromatic nitrogens is 4. The largest absolute Gasteiger partial charge is 0.433 e. The third-order valence-electron chi connectivity index (χ3n) is 5.33. The van der Waals surface area contributed by atoms with Crippen molar-refractivity contribution < 1.29 is 26.3 Å². The Kier molecular flexibility index (Phi) is 7.41. The van der Waals surface area contributed by atoms with Gasteiger partial charge in [-0.3, -0.25) is 0 Å². The van der Waals surface area contributed by atoms with E-state index in [-0.39, 0.29) is 29.1 Å². The monoisotopic (exact) mass is 508 g/mol. The summed E-state index contributed by atoms with van der Waals surface area (Å²) in [5.74, 6) is -0.215. The minimum Gasteiger partial charge on any atom is -0.354 e. The van der Waals surface area contributed by atoms with Gasteiger partial charge in [-0.05, 0) is 61.6 Å². The van der Waals surface area contributed by atoms with Gasteiger partial charge in [-0.25, -0.2) is 4.98 Å². The predicted molar refractivity (Wildman–Crippen MR) is 123 cm³/mol. The van der Waals surface area contributed by atoms with Crippen molar-refractivity contribution in [2.75, 3.05) is 17.2 Å². The highest BCUT2D eigenvalue weighted by atomic mass is 19.4. The van der Waals surface area contributed by atoms with E-state index in [0.29, 0.717) is 18.5 Å². The number of hydrogen-bond acceptors (Lipinski definition) is 6. The second-order valence-corrected chi connectivity index (χ2v) is 8.21. The van der Waals surface area contributed by atoms with Crippen LogP contribution >= 0.6 is 0 Å². The summed E-state index contributed by atoms with van der Waals surface area (Å²) in [6.07, 6.45) is -1.76. The molecule has 190 valence electrons. The van der Waals surface area contributed by atoms with E-state index < -0.39 is 23.6 Å². The molecule has 1 aliphatic rings. The van der Waals surface area contributed by atoms with E-state index >= 15 is 0 Å². The van der Waals surface area contributed by atoms with Crippen molar-refractivity contribution in [2.24, 2.45) is 0 Å². The van der Waals surface area contributed by atoms with Gasteiger partial charge in [0.2, 0.25) is 11.9 Å². The molecule has 0 aliphatic carbocycles. The molecule has 1 aromatic carbocycles. The molecular weight excluding hydrogens is 486 g/mol. The molecule has 0 atom stereocenters. The quantitative estimate of drug-likeness (QED) is 0.278. The van der Waals surface area contributed by atoms with Crippen molar-refractivity contribution in [2.45, 2.75) is 44.5 Å². The molecule has 12 heteroatoms. The smallest absolute Gasteiger partial charge is 0.354 e. The lowest BCUT2D eigenvalue weighted by molar-refractivity contribution is -0.141. The summed E-state index contributed by atoms with van der Waals surface area (Å²) in [6.45, 7) is 0.496. The Morgan fingerprint density at radius 2 is 1.56 bits per heavy atom. The van der Waals surface area contributed by atoms with E-state index in [4.69, 9.17) is 0 Å². The first-order valence-electron chi connectivity index (χ1n) is 11.3. The number of nitrogens with one attached hydrogen (secondary N) is 2. The van der Waals surface area contributed by atoms with Gasteiger partial charge in [-0.15, -0.1) is 0 Å². The van der Waals surface area contributed by atoms with Crippen LogP contribution in [0.5, 0.6) is 0 Å². The zero-order valence-electron chi connectivity index (χ0n) is 18.9. The Bertz CT molecular complexity index is 1240. The molecule has 3 heterocycles. The van der Waals surface area contributed by atoms with E-state index in [1.165, 1.54) is 12.1 Å². The maximum atomic E-state index is 13.5. The zero-order valence-corrected chi connectivity index (χ0v) is 18.9. The van der Waals surface area contributed by atoms with Crippen LogP contribution in [-0.2, 0) is 18.8 Å². The first-order chi connectivity index (χ1) is 17.1. The number of hydrogen-bond donors (Lipinski definition) is 2. The van der Waals surface area contributed by atoms with E-state index in [0.717, 1.165) is 43.9 Å². The number of pyridine rings is 1. The van der Waals surface area contributed by atoms with Crippen LogP contribution in [0.15, 0.2) is 48.6 Å². The zero-order chi connectivity index (χ0) is 25.8. The van der Waals surface area contributed by atoms with E-state index in [1.54, 1.807) is 6.07 Å². The number of allylic oxidation sites excluding steroid dienone is 2. The highest BCUT2D eigenvalue weighted by Crippen LogP contribution is 2.33. The summed E-state index contributed by atoms with van der Waals surface area (Å²) in [5.41, 5.74) is -1.59. The molecule has 0 amide bonds. The Morgan fingerprint density at radius 3 is 2.33 bits per heavy atom. The lowest BCUT2D eigenvalue weighted by Crippen LogP contribution is -2.12. The van der Waals surface area contributed by atoms with Gasteiger partial charge in [0.25, 0.3) is 0 Å². The molecule has 2 N–H and O–H groups in total. The van der Waals surface area contributed by atoms with Crippen LogP contribution < -0.4 is 10.6 Å². The normalized spacial score (nSPS) is 16.1. The van der Waals surface area contributed by atoms with E-state index in [1.807, 2.05) is 12.2 Å². The van der Waals surface area contributed by atoms with Crippen LogP contribution in [0, 0.1) is 0 Å². The lowest BCUT2D eigenvalue weighted by Gasteiger charge is -2.14. The van der Waals surface area contributed by atoms with Crippen LogP contribution in [0.4, 0.5) is 43.9 Å². The molecule has 6 nitrogen and oxygen atoms in total. The molecule has 0 fully saturated rings. The SMILES string of the molecule is FC(F)(F)c1cc2cc(c1)Nc1nc(nc(-c3cccc(C(F)(F)F)n3)n1)NCCCCC/C=C/C2. The second kappa shape index (κ2) is 10.5. The minimum absolute atomic E-state index is 0.0703. The Morgan fingerprint density at radius 1 is 0.750 bits per heavy atom. The first-order valence-corrected chi connectivity index (χ1v) is 11.3. The Balaban J connectivity index is 1.77. The molecule has 1 aliphatic heterocycles. The summed E-state index contributed by atoms with van der Waals surface area (Å²) in [7, 11) is 0. The minimum atomic E-state index is -4.67. The highest BCUT2D eigenvalue weighted by Gasteiger charge is 2.33. The first kappa shape index (κ1) is 25.4. The summed E-state index contributed by atoms with van der Waals surface area (Å²) in [4.78, 5) is 16.2. The predicted octanol–water partition coefficient (Wildman–Crippen LogP) is 6.80. The molecule has 0 saturated heterocycles. The number of rotatable bonds is 1. The van der Waals surface area contributed by atoms with Crippen LogP contribution in [0.25, 0.3) is 11.5 Å². The van der Waals surface area contributed by atoms with Crippen molar-refractivity contribution in [3.8, 4) is 11.5 Å². The summed E-state index contributed by atoms with van der Waals surface area (Å²) >= 11 is 0. The van der Waals surface area contributed by atoms with Crippen molar-refractivity contribution in [3.63, 3.8) is 0 Å². The van der Waals surface area contributed by atoms with Gasteiger partial charge in [-0.2, -0.15) is 41.3 Å². The number of fused-ring (bicyclic) bond motifs is 4. The Labute approximate surface area is 202 Å². The van der Waals surface area contributed by atoms with Crippen molar-refractivity contribution in [1.82, 2.24) is 19.9 Å². The van der Waals surface area contributed by atoms with Crippen molar-refractivity contribution in [3.05, 3.63) is 65.4 Å². The van der Waals surface area contributed by atoms with Gasteiger partial charge >= 0.3 is 12.4 Å². The van der Waals surface area contributed by atoms with E-state index in [2.05, 4.69) is 30.6 Å². The molecular formula is C24H22F6N6. The fourth-order valence-corrected chi connectivity index (χ4v) is 3.62. The van der Waals surface area contributed by atoms with Crippen LogP contribution in [0.1, 0.15) is 42.5 Å². The lowest BCUT2D eigenvalue weighted by atomic mass is 10.1. The number of anilines is 3. The maximum absolute atomic E-state index is 13.5. The number of nitrogens with zero attached hydrogens (tertiary/aromatic N) is 4. The Hall–Kier alpha value is -3.70. The van der Waals surface area contributed by atoms with Crippen LogP contribution in [-0.4, -0.2) is 26.5 Å². The number of halogens is 6. The second-order valence-electron chi connectivity index (χ2n) is 8.21. The molecule has 0 saturated carbocycles. The highest BCUT2D eigenvalue weighted by molar-refractivity contribution is 5.60. The molecule has 36 heavy (non-hydrogen) atoms. The van der Waals surface area contributed by atoms with Gasteiger partial charge in [0.1, 0.15) is 11.4 Å². The third-order valence-corrected chi connectivity index (χ3v) is 5.33. The summed E-state index contributed by atoms with van der Waals surface area (Å²) in [6, 6.07) is 6.88. The van der Waals surface area contributed by atoms with Crippen LogP contribution in [0.2, 0.25) is 0 Å². The fourth-order valence-electron chi connectivity index (χ4n) is 3.62. The summed E-state index contributed by atoms with van der Waals surface area (Å²) < 4.78 is 80.1. The van der Waals surface area contributed by atoms with Crippen molar-refractivity contribution >= 4 is 17.6 Å². The number of benzene rings is 1. The third kappa shape index (κ3) is 6.70. The number of alkyl halides is 6. The van der Waals surface area contributed by atoms with E-state index in [9.17, 15) is 26.3 Å². The average molecular weight is 508 g/mol. The van der Waals surface area contributed by atoms with Crippen molar-refractivity contribution in [1.29, 1.82) is 0 Å². The topological polar surface area (TPSA) is 75.6 Å². The summed E-state index contributed by atoms with van der Waals surface area (Å²) in [5, 5.41) is 5.77. The molecule has 0 radical (unpaired) electrons. The average Bonchev–Trinajstić information content (AvgIpc) is 2.81. The molecule has 2 aromatic heterocycles. The van der Waals surface area contributed by atoms with Gasteiger partial charge in [0.15, 0.2) is 5.82 Å². The molecule has 0 unspecified atom stereocenters. The maximum Gasteiger partial charge on any atom is 0.433 e. The standard InChI is InChI=1S/C24H22F6N6/c25-23(26,27)16-12-15-8-5-3-1-2-4-6-11-31-21-34-20(35-22(36-21)32-17(13-15)14-16)18-9-7-10-19(33-18)24(28,29)30/h3,5,7,9-10,12-14H,1-2,4,6,8,11H2,(H2,31,32,34,35,36)/b5-3+. The molecule has 0 spiro atoms. The van der Waals surface area contributed by atoms with Gasteiger partial charge in [0, 0.05) is 12.2 Å². The van der Waals surface area contributed by atoms with Gasteiger partial charge < -0.3 is 10.6 Å². The van der Waals surface area contributed by atoms with Gasteiger partial charge in [-0.1, -0.05) is 24.6 Å². The fraction of sp³-hybridized carbons (Fsp3) is 0.333. The molecule has 4 rings (SSSR count). The van der Waals surface area contributed by atoms with Gasteiger partial charge in [0.05, 0.1) is 5.56 Å².